The Labute approximate surface area is 161 Å². The van der Waals surface area contributed by atoms with Crippen molar-refractivity contribution < 1.29 is 19.0 Å². The van der Waals surface area contributed by atoms with Crippen molar-refractivity contribution in [1.29, 1.82) is 0 Å². The van der Waals surface area contributed by atoms with Crippen LogP contribution in [0.3, 0.4) is 0 Å². The van der Waals surface area contributed by atoms with Crippen LogP contribution in [0.25, 0.3) is 0 Å². The first-order valence-corrected chi connectivity index (χ1v) is 9.86. The fraction of sp³-hybridized carbons (Fsp3) is 0.591. The van der Waals surface area contributed by atoms with E-state index in [1.54, 1.807) is 24.3 Å². The third-order valence-electron chi connectivity index (χ3n) is 5.51. The standard InChI is InChI=1S/C22H31NO4/c1-15-11-12-22(2,3)20(27-19-6-4-5-13-25-19)18(14-15)26-21(24)16-7-9-17(23)10-8-16/h7-10,14,18-20H,4-6,11-13,23H2,1-3H3. The minimum Gasteiger partial charge on any atom is -0.452 e. The molecule has 3 rings (SSSR count). The quantitative estimate of drug-likeness (QED) is 0.479. The molecule has 2 aliphatic rings. The number of hydrogen-bond donors (Lipinski definition) is 1. The number of carbonyl (C=O) groups is 1. The SMILES string of the molecule is CC1=CC(OC(=O)c2ccc(N)cc2)C(OC2CCCCO2)C(C)(C)CC1. The predicted octanol–water partition coefficient (Wildman–Crippen LogP) is 4.47. The van der Waals surface area contributed by atoms with Crippen LogP contribution in [0.5, 0.6) is 0 Å². The first-order valence-electron chi connectivity index (χ1n) is 9.86. The molecule has 5 heteroatoms. The van der Waals surface area contributed by atoms with Gasteiger partial charge < -0.3 is 19.9 Å². The molecule has 5 nitrogen and oxygen atoms in total. The molecule has 1 aromatic rings. The van der Waals surface area contributed by atoms with Crippen LogP contribution >= 0.6 is 0 Å². The summed E-state index contributed by atoms with van der Waals surface area (Å²) in [6.07, 6.45) is 6.11. The Bertz CT molecular complexity index is 674. The number of allylic oxidation sites excluding steroid dienone is 1. The summed E-state index contributed by atoms with van der Waals surface area (Å²) in [5.74, 6) is -0.361. The Kier molecular flexibility index (Phi) is 6.22. The van der Waals surface area contributed by atoms with Gasteiger partial charge in [0.05, 0.1) is 5.56 Å². The summed E-state index contributed by atoms with van der Waals surface area (Å²) in [4.78, 5) is 12.7. The lowest BCUT2D eigenvalue weighted by Crippen LogP contribution is -2.45. The highest BCUT2D eigenvalue weighted by Gasteiger charge is 2.41. The second kappa shape index (κ2) is 8.44. The van der Waals surface area contributed by atoms with Gasteiger partial charge in [0.2, 0.25) is 0 Å². The molecule has 3 atom stereocenters. The summed E-state index contributed by atoms with van der Waals surface area (Å²) in [6.45, 7) is 7.16. The first-order chi connectivity index (χ1) is 12.8. The molecule has 0 amide bonds. The van der Waals surface area contributed by atoms with Gasteiger partial charge in [0.15, 0.2) is 6.29 Å². The fourth-order valence-corrected chi connectivity index (χ4v) is 3.71. The average molecular weight is 373 g/mol. The van der Waals surface area contributed by atoms with Gasteiger partial charge in [-0.25, -0.2) is 4.79 Å². The van der Waals surface area contributed by atoms with Crippen LogP contribution < -0.4 is 5.73 Å². The second-order valence-electron chi connectivity index (χ2n) is 8.35. The number of anilines is 1. The summed E-state index contributed by atoms with van der Waals surface area (Å²) >= 11 is 0. The maximum atomic E-state index is 12.7. The van der Waals surface area contributed by atoms with Crippen molar-refractivity contribution in [3.63, 3.8) is 0 Å². The third-order valence-corrected chi connectivity index (χ3v) is 5.51. The third kappa shape index (κ3) is 5.11. The van der Waals surface area contributed by atoms with Crippen LogP contribution in [0.4, 0.5) is 5.69 Å². The number of esters is 1. The molecule has 1 fully saturated rings. The van der Waals surface area contributed by atoms with Gasteiger partial charge in [0.1, 0.15) is 12.2 Å². The van der Waals surface area contributed by atoms with Gasteiger partial charge in [-0.2, -0.15) is 0 Å². The Morgan fingerprint density at radius 1 is 1.22 bits per heavy atom. The summed E-state index contributed by atoms with van der Waals surface area (Å²) in [6, 6.07) is 6.80. The zero-order valence-electron chi connectivity index (χ0n) is 16.6. The fourth-order valence-electron chi connectivity index (χ4n) is 3.71. The van der Waals surface area contributed by atoms with Gasteiger partial charge in [-0.05, 0) is 74.8 Å². The smallest absolute Gasteiger partial charge is 0.338 e. The molecule has 1 saturated heterocycles. The molecule has 3 unspecified atom stereocenters. The monoisotopic (exact) mass is 373 g/mol. The number of benzene rings is 1. The summed E-state index contributed by atoms with van der Waals surface area (Å²) in [7, 11) is 0. The zero-order chi connectivity index (χ0) is 19.4. The lowest BCUT2D eigenvalue weighted by atomic mass is 9.80. The van der Waals surface area contributed by atoms with Crippen molar-refractivity contribution in [2.45, 2.75) is 71.4 Å². The van der Waals surface area contributed by atoms with E-state index in [9.17, 15) is 4.79 Å². The summed E-state index contributed by atoms with van der Waals surface area (Å²) < 4.78 is 18.1. The minimum atomic E-state index is -0.446. The van der Waals surface area contributed by atoms with Crippen molar-refractivity contribution in [1.82, 2.24) is 0 Å². The molecule has 0 bridgehead atoms. The molecule has 0 spiro atoms. The molecule has 0 aromatic heterocycles. The van der Waals surface area contributed by atoms with Crippen LogP contribution in [0, 0.1) is 5.41 Å². The van der Waals surface area contributed by atoms with E-state index in [0.29, 0.717) is 11.3 Å². The molecule has 0 radical (unpaired) electrons. The molecule has 1 heterocycles. The summed E-state index contributed by atoms with van der Waals surface area (Å²) in [5, 5.41) is 0. The first kappa shape index (κ1) is 19.9. The minimum absolute atomic E-state index is 0.138. The number of ether oxygens (including phenoxy) is 3. The Hall–Kier alpha value is -1.85. The van der Waals surface area contributed by atoms with E-state index in [0.717, 1.165) is 38.7 Å². The van der Waals surface area contributed by atoms with Crippen LogP contribution in [0.1, 0.15) is 63.2 Å². The number of carbonyl (C=O) groups excluding carboxylic acids is 1. The van der Waals surface area contributed by atoms with Crippen LogP contribution in [0.15, 0.2) is 35.9 Å². The lowest BCUT2D eigenvalue weighted by Gasteiger charge is -2.39. The van der Waals surface area contributed by atoms with Gasteiger partial charge in [-0.3, -0.25) is 0 Å². The van der Waals surface area contributed by atoms with E-state index in [-0.39, 0.29) is 23.8 Å². The van der Waals surface area contributed by atoms with Crippen LogP contribution in [0.2, 0.25) is 0 Å². The molecule has 1 aliphatic carbocycles. The van der Waals surface area contributed by atoms with Gasteiger partial charge >= 0.3 is 5.97 Å². The molecule has 148 valence electrons. The topological polar surface area (TPSA) is 70.8 Å². The largest absolute Gasteiger partial charge is 0.452 e. The normalized spacial score (nSPS) is 28.1. The highest BCUT2D eigenvalue weighted by Crippen LogP contribution is 2.39. The van der Waals surface area contributed by atoms with E-state index >= 15 is 0 Å². The van der Waals surface area contributed by atoms with E-state index in [2.05, 4.69) is 20.8 Å². The van der Waals surface area contributed by atoms with Crippen molar-refractivity contribution in [3.8, 4) is 0 Å². The molecular weight excluding hydrogens is 342 g/mol. The van der Waals surface area contributed by atoms with E-state index in [1.807, 2.05) is 6.08 Å². The van der Waals surface area contributed by atoms with Crippen molar-refractivity contribution >= 4 is 11.7 Å². The molecule has 1 aromatic carbocycles. The molecule has 1 aliphatic heterocycles. The lowest BCUT2D eigenvalue weighted by molar-refractivity contribution is -0.225. The van der Waals surface area contributed by atoms with Gasteiger partial charge in [0.25, 0.3) is 0 Å². The number of hydrogen-bond acceptors (Lipinski definition) is 5. The van der Waals surface area contributed by atoms with Gasteiger partial charge in [0, 0.05) is 12.3 Å². The van der Waals surface area contributed by atoms with Gasteiger partial charge in [-0.15, -0.1) is 0 Å². The molecule has 27 heavy (non-hydrogen) atoms. The van der Waals surface area contributed by atoms with Gasteiger partial charge in [-0.1, -0.05) is 19.4 Å². The van der Waals surface area contributed by atoms with E-state index in [4.69, 9.17) is 19.9 Å². The zero-order valence-corrected chi connectivity index (χ0v) is 16.6. The van der Waals surface area contributed by atoms with Crippen LogP contribution in [-0.4, -0.2) is 31.1 Å². The average Bonchev–Trinajstić information content (AvgIpc) is 2.74. The van der Waals surface area contributed by atoms with Crippen LogP contribution in [-0.2, 0) is 14.2 Å². The number of nitrogens with two attached hydrogens (primary N) is 1. The van der Waals surface area contributed by atoms with Crippen molar-refractivity contribution in [2.75, 3.05) is 12.3 Å². The number of rotatable bonds is 4. The maximum absolute atomic E-state index is 12.7. The maximum Gasteiger partial charge on any atom is 0.338 e. The van der Waals surface area contributed by atoms with Crippen molar-refractivity contribution in [3.05, 3.63) is 41.5 Å². The highest BCUT2D eigenvalue weighted by molar-refractivity contribution is 5.90. The summed E-state index contributed by atoms with van der Waals surface area (Å²) in [5.41, 5.74) is 7.90. The predicted molar refractivity (Wildman–Crippen MR) is 105 cm³/mol. The van der Waals surface area contributed by atoms with Crippen molar-refractivity contribution in [2.24, 2.45) is 5.41 Å². The highest BCUT2D eigenvalue weighted by atomic mass is 16.7. The number of nitrogen functional groups attached to an aromatic ring is 1. The Morgan fingerprint density at radius 3 is 2.63 bits per heavy atom. The Morgan fingerprint density at radius 2 is 1.96 bits per heavy atom. The molecular formula is C22H31NO4. The second-order valence-corrected chi connectivity index (χ2v) is 8.35. The molecule has 0 saturated carbocycles. The Balaban J connectivity index is 1.80. The van der Waals surface area contributed by atoms with E-state index < -0.39 is 6.10 Å². The van der Waals surface area contributed by atoms with E-state index in [1.165, 1.54) is 5.57 Å². The molecule has 2 N–H and O–H groups in total.